The van der Waals surface area contributed by atoms with E-state index >= 15 is 0 Å². The molecular weight excluding hydrogens is 466 g/mol. The number of carbonyl (C=O) groups is 1. The molecule has 6 nitrogen and oxygen atoms in total. The minimum Gasteiger partial charge on any atom is -0.378 e. The van der Waals surface area contributed by atoms with E-state index in [1.54, 1.807) is 28.0 Å². The van der Waals surface area contributed by atoms with Crippen LogP contribution in [0, 0.1) is 5.92 Å². The average Bonchev–Trinajstić information content (AvgIpc) is 3.16. The van der Waals surface area contributed by atoms with E-state index in [1.807, 2.05) is 17.0 Å². The van der Waals surface area contributed by atoms with Crippen LogP contribution in [0.2, 0.25) is 5.02 Å². The second-order valence-electron chi connectivity index (χ2n) is 8.33. The Labute approximate surface area is 199 Å². The number of hydrogen-bond acceptors (Lipinski definition) is 6. The summed E-state index contributed by atoms with van der Waals surface area (Å²) in [6.07, 6.45) is 2.99. The fraction of sp³-hybridized carbons (Fsp3) is 0.435. The maximum Gasteiger partial charge on any atom is 0.267 e. The van der Waals surface area contributed by atoms with Crippen molar-refractivity contribution in [2.75, 3.05) is 32.1 Å². The molecule has 2 aliphatic rings. The van der Waals surface area contributed by atoms with Crippen LogP contribution in [0.1, 0.15) is 23.8 Å². The van der Waals surface area contributed by atoms with Crippen LogP contribution in [0.3, 0.4) is 0 Å². The van der Waals surface area contributed by atoms with Crippen LogP contribution < -0.4 is 5.56 Å². The Morgan fingerprint density at radius 1 is 1.28 bits per heavy atom. The zero-order valence-corrected chi connectivity index (χ0v) is 20.2. The lowest BCUT2D eigenvalue weighted by molar-refractivity contribution is -0.132. The molecule has 3 aromatic rings. The first-order chi connectivity index (χ1) is 15.5. The SMILES string of the molecule is C[C@H]1CCc2c(sc3nc(SCC(=O)N4CCOCC4)n(-c4ccc(Cl)cc4)c(=O)c23)C1. The van der Waals surface area contributed by atoms with Gasteiger partial charge in [0.1, 0.15) is 4.83 Å². The van der Waals surface area contributed by atoms with Crippen LogP contribution >= 0.6 is 34.7 Å². The van der Waals surface area contributed by atoms with E-state index in [1.165, 1.54) is 16.6 Å². The Kier molecular flexibility index (Phi) is 6.29. The van der Waals surface area contributed by atoms with E-state index in [-0.39, 0.29) is 17.2 Å². The number of hydrogen-bond donors (Lipinski definition) is 0. The summed E-state index contributed by atoms with van der Waals surface area (Å²) in [5.74, 6) is 0.886. The fourth-order valence-electron chi connectivity index (χ4n) is 4.32. The van der Waals surface area contributed by atoms with Crippen molar-refractivity contribution in [3.63, 3.8) is 0 Å². The molecule has 168 valence electrons. The Morgan fingerprint density at radius 3 is 2.78 bits per heavy atom. The lowest BCUT2D eigenvalue weighted by Gasteiger charge is -2.26. The molecule has 0 radical (unpaired) electrons. The molecular formula is C23H24ClN3O3S2. The van der Waals surface area contributed by atoms with Crippen LogP contribution in [0.25, 0.3) is 15.9 Å². The standard InChI is InChI=1S/C23H24ClN3O3S2/c1-14-2-7-17-18(12-14)32-21-20(17)22(29)27(16-5-3-15(24)4-6-16)23(25-21)31-13-19(28)26-8-10-30-11-9-26/h3-6,14H,2,7-13H2,1H3/t14-/m0/s1. The number of thioether (sulfide) groups is 1. The van der Waals surface area contributed by atoms with E-state index in [0.717, 1.165) is 35.0 Å². The van der Waals surface area contributed by atoms with Crippen molar-refractivity contribution in [2.24, 2.45) is 5.92 Å². The summed E-state index contributed by atoms with van der Waals surface area (Å²) >= 11 is 9.03. The number of carbonyl (C=O) groups excluding carboxylic acids is 1. The monoisotopic (exact) mass is 489 g/mol. The Hall–Kier alpha value is -1.87. The van der Waals surface area contributed by atoms with Crippen LogP contribution in [0.5, 0.6) is 0 Å². The van der Waals surface area contributed by atoms with Crippen molar-refractivity contribution >= 4 is 50.8 Å². The zero-order chi connectivity index (χ0) is 22.2. The summed E-state index contributed by atoms with van der Waals surface area (Å²) in [5, 5.41) is 1.88. The van der Waals surface area contributed by atoms with Crippen molar-refractivity contribution in [2.45, 2.75) is 31.3 Å². The van der Waals surface area contributed by atoms with Crippen LogP contribution in [0.4, 0.5) is 0 Å². The van der Waals surface area contributed by atoms with Gasteiger partial charge in [0.05, 0.1) is 30.0 Å². The highest BCUT2D eigenvalue weighted by Gasteiger charge is 2.26. The number of rotatable bonds is 4. The normalized spacial score (nSPS) is 18.7. The summed E-state index contributed by atoms with van der Waals surface area (Å²) in [5.41, 5.74) is 1.80. The topological polar surface area (TPSA) is 64.4 Å². The zero-order valence-electron chi connectivity index (χ0n) is 17.8. The van der Waals surface area contributed by atoms with Gasteiger partial charge >= 0.3 is 0 Å². The molecule has 0 spiro atoms. The number of ether oxygens (including phenoxy) is 1. The summed E-state index contributed by atoms with van der Waals surface area (Å²) in [6.45, 7) is 4.59. The van der Waals surface area contributed by atoms with Crippen LogP contribution in [0.15, 0.2) is 34.2 Å². The highest BCUT2D eigenvalue weighted by atomic mass is 35.5. The smallest absolute Gasteiger partial charge is 0.267 e. The molecule has 2 aromatic heterocycles. The maximum absolute atomic E-state index is 13.8. The highest BCUT2D eigenvalue weighted by molar-refractivity contribution is 7.99. The lowest BCUT2D eigenvalue weighted by atomic mass is 9.89. The molecule has 32 heavy (non-hydrogen) atoms. The van der Waals surface area contributed by atoms with Crippen molar-refractivity contribution < 1.29 is 9.53 Å². The molecule has 1 atom stereocenters. The third-order valence-electron chi connectivity index (χ3n) is 6.07. The number of amides is 1. The summed E-state index contributed by atoms with van der Waals surface area (Å²) in [4.78, 5) is 35.3. The molecule has 1 aromatic carbocycles. The van der Waals surface area contributed by atoms with Gasteiger partial charge in [-0.2, -0.15) is 0 Å². The van der Waals surface area contributed by atoms with Gasteiger partial charge in [-0.15, -0.1) is 11.3 Å². The van der Waals surface area contributed by atoms with E-state index < -0.39 is 0 Å². The van der Waals surface area contributed by atoms with Gasteiger partial charge in [-0.3, -0.25) is 14.2 Å². The van der Waals surface area contributed by atoms with E-state index in [4.69, 9.17) is 21.3 Å². The van der Waals surface area contributed by atoms with E-state index in [9.17, 15) is 9.59 Å². The molecule has 1 amide bonds. The maximum atomic E-state index is 13.8. The molecule has 1 fully saturated rings. The van der Waals surface area contributed by atoms with Gasteiger partial charge in [-0.05, 0) is 55.0 Å². The first-order valence-corrected chi connectivity index (χ1v) is 13.0. The molecule has 1 aliphatic carbocycles. The largest absolute Gasteiger partial charge is 0.378 e. The van der Waals surface area contributed by atoms with Crippen molar-refractivity contribution in [1.29, 1.82) is 0 Å². The average molecular weight is 490 g/mol. The number of fused-ring (bicyclic) bond motifs is 3. The number of aromatic nitrogens is 2. The van der Waals surface area contributed by atoms with Crippen molar-refractivity contribution in [1.82, 2.24) is 14.5 Å². The predicted octanol–water partition coefficient (Wildman–Crippen LogP) is 4.18. The number of thiophene rings is 1. The third kappa shape index (κ3) is 4.21. The molecule has 0 unspecified atom stereocenters. The summed E-state index contributed by atoms with van der Waals surface area (Å²) < 4.78 is 6.98. The number of nitrogens with zero attached hydrogens (tertiary/aromatic N) is 3. The van der Waals surface area contributed by atoms with Gasteiger partial charge in [0.2, 0.25) is 5.91 Å². The summed E-state index contributed by atoms with van der Waals surface area (Å²) in [7, 11) is 0. The molecule has 1 aliphatic heterocycles. The quantitative estimate of drug-likeness (QED) is 0.406. The Morgan fingerprint density at radius 2 is 2.03 bits per heavy atom. The first kappa shape index (κ1) is 21.9. The molecule has 1 saturated heterocycles. The Balaban J connectivity index is 1.57. The minimum atomic E-state index is -0.0642. The van der Waals surface area contributed by atoms with E-state index in [2.05, 4.69) is 6.92 Å². The molecule has 0 N–H and O–H groups in total. The van der Waals surface area contributed by atoms with Crippen LogP contribution in [-0.2, 0) is 22.4 Å². The first-order valence-electron chi connectivity index (χ1n) is 10.8. The number of halogens is 1. The molecule has 3 heterocycles. The van der Waals surface area contributed by atoms with Crippen LogP contribution in [-0.4, -0.2) is 52.4 Å². The molecule has 9 heteroatoms. The van der Waals surface area contributed by atoms with Gasteiger partial charge in [0, 0.05) is 23.0 Å². The fourth-order valence-corrected chi connectivity index (χ4v) is 6.78. The molecule has 0 saturated carbocycles. The predicted molar refractivity (Wildman–Crippen MR) is 130 cm³/mol. The second kappa shape index (κ2) is 9.17. The van der Waals surface area contributed by atoms with Gasteiger partial charge in [0.15, 0.2) is 5.16 Å². The second-order valence-corrected chi connectivity index (χ2v) is 10.8. The number of aryl methyl sites for hydroxylation is 1. The van der Waals surface area contributed by atoms with Gasteiger partial charge in [0.25, 0.3) is 5.56 Å². The number of morpholine rings is 1. The lowest BCUT2D eigenvalue weighted by Crippen LogP contribution is -2.41. The third-order valence-corrected chi connectivity index (χ3v) is 8.40. The van der Waals surface area contributed by atoms with Gasteiger partial charge in [-0.25, -0.2) is 4.98 Å². The van der Waals surface area contributed by atoms with Gasteiger partial charge < -0.3 is 9.64 Å². The minimum absolute atomic E-state index is 0.0367. The van der Waals surface area contributed by atoms with Gasteiger partial charge in [-0.1, -0.05) is 30.3 Å². The van der Waals surface area contributed by atoms with Crippen molar-refractivity contribution in [3.8, 4) is 5.69 Å². The highest BCUT2D eigenvalue weighted by Crippen LogP contribution is 2.37. The summed E-state index contributed by atoms with van der Waals surface area (Å²) in [6, 6.07) is 7.19. The van der Waals surface area contributed by atoms with Crippen molar-refractivity contribution in [3.05, 3.63) is 50.1 Å². The Bertz CT molecular complexity index is 1220. The number of benzene rings is 1. The van der Waals surface area contributed by atoms with E-state index in [0.29, 0.717) is 48.1 Å². The molecule has 5 rings (SSSR count). The molecule has 0 bridgehead atoms.